The molecule has 1 atom stereocenters. The molecule has 0 aromatic heterocycles. The summed E-state index contributed by atoms with van der Waals surface area (Å²) in [6.07, 6.45) is 20.4. The van der Waals surface area contributed by atoms with E-state index in [1.165, 1.54) is 77.0 Å². The summed E-state index contributed by atoms with van der Waals surface area (Å²) in [6, 6.07) is 0. The molecule has 0 fully saturated rings. The van der Waals surface area contributed by atoms with E-state index in [1.807, 2.05) is 0 Å². The molecule has 1 unspecified atom stereocenters. The van der Waals surface area contributed by atoms with Crippen LogP contribution >= 0.6 is 0 Å². The van der Waals surface area contributed by atoms with Crippen LogP contribution < -0.4 is 40.2 Å². The summed E-state index contributed by atoms with van der Waals surface area (Å²) >= 11 is 0. The molecular formula is C32H61N2NaO9S. The van der Waals surface area contributed by atoms with Gasteiger partial charge in [-0.3, -0.25) is 23.7 Å². The molecule has 0 rings (SSSR count). The normalized spacial score (nSPS) is 11.7. The number of esters is 2. The van der Waals surface area contributed by atoms with E-state index in [0.29, 0.717) is 12.8 Å². The summed E-state index contributed by atoms with van der Waals surface area (Å²) in [4.78, 5) is 48.2. The van der Waals surface area contributed by atoms with Crippen LogP contribution in [0.25, 0.3) is 0 Å². The molecule has 0 saturated carbocycles. The maximum Gasteiger partial charge on any atom is 1.00 e. The molecule has 0 aliphatic carbocycles. The summed E-state index contributed by atoms with van der Waals surface area (Å²) in [5, 5.41) is 3.09. The van der Waals surface area contributed by atoms with E-state index in [1.54, 1.807) is 0 Å². The molecule has 11 nitrogen and oxygen atoms in total. The predicted molar refractivity (Wildman–Crippen MR) is 173 cm³/mol. The molecule has 0 spiro atoms. The van der Waals surface area contributed by atoms with Crippen LogP contribution in [0.5, 0.6) is 0 Å². The maximum absolute atomic E-state index is 12.2. The average Bonchev–Trinajstić information content (AvgIpc) is 2.98. The summed E-state index contributed by atoms with van der Waals surface area (Å²) in [5.41, 5.74) is 0. The molecule has 13 heteroatoms. The maximum atomic E-state index is 12.2. The SMILES string of the molecule is CCCCCCCCCCCC(=O)NCCOC(=O)CC(C(=O)OCCNC(=O)CCCCCCCCCCC)S(=O)(=O)O.[H-].[Na+]. The fraction of sp³-hybridized carbons (Fsp3) is 0.875. The molecule has 0 radical (unpaired) electrons. The zero-order valence-corrected chi connectivity index (χ0v) is 31.2. The van der Waals surface area contributed by atoms with E-state index in [9.17, 15) is 32.1 Å². The number of nitrogens with one attached hydrogen (secondary N) is 2. The average molecular weight is 673 g/mol. The van der Waals surface area contributed by atoms with Crippen molar-refractivity contribution in [2.45, 2.75) is 154 Å². The molecule has 3 N–H and O–H groups in total. The summed E-state index contributed by atoms with van der Waals surface area (Å²) in [5.74, 6) is -2.71. The van der Waals surface area contributed by atoms with Crippen LogP contribution in [0.1, 0.15) is 150 Å². The van der Waals surface area contributed by atoms with Gasteiger partial charge in [-0.25, -0.2) is 0 Å². The van der Waals surface area contributed by atoms with Gasteiger partial charge < -0.3 is 21.5 Å². The van der Waals surface area contributed by atoms with Gasteiger partial charge in [0.15, 0.2) is 5.25 Å². The fourth-order valence-electron chi connectivity index (χ4n) is 4.68. The number of hydrogen-bond donors (Lipinski definition) is 3. The largest absolute Gasteiger partial charge is 1.00 e. The van der Waals surface area contributed by atoms with Crippen LogP contribution in [0.15, 0.2) is 0 Å². The van der Waals surface area contributed by atoms with Gasteiger partial charge in [0.25, 0.3) is 10.1 Å². The molecule has 0 heterocycles. The number of amides is 2. The van der Waals surface area contributed by atoms with Gasteiger partial charge >= 0.3 is 41.5 Å². The van der Waals surface area contributed by atoms with Crippen molar-refractivity contribution in [3.63, 3.8) is 0 Å². The molecule has 45 heavy (non-hydrogen) atoms. The Morgan fingerprint density at radius 3 is 1.36 bits per heavy atom. The molecule has 260 valence electrons. The van der Waals surface area contributed by atoms with E-state index in [4.69, 9.17) is 9.47 Å². The van der Waals surface area contributed by atoms with Crippen LogP contribution in [0.3, 0.4) is 0 Å². The Bertz CT molecular complexity index is 895. The zero-order chi connectivity index (χ0) is 32.9. The number of rotatable bonds is 30. The molecule has 2 amide bonds. The van der Waals surface area contributed by atoms with E-state index >= 15 is 0 Å². The Kier molecular flexibility index (Phi) is 32.0. The van der Waals surface area contributed by atoms with Gasteiger partial charge in [-0.15, -0.1) is 0 Å². The van der Waals surface area contributed by atoms with Gasteiger partial charge in [-0.1, -0.05) is 117 Å². The Labute approximate surface area is 296 Å². The van der Waals surface area contributed by atoms with Crippen LogP contribution in [-0.2, 0) is 38.8 Å². The van der Waals surface area contributed by atoms with E-state index in [-0.39, 0.29) is 69.1 Å². The minimum absolute atomic E-state index is 0. The number of ether oxygens (including phenoxy) is 2. The monoisotopic (exact) mass is 672 g/mol. The van der Waals surface area contributed by atoms with Gasteiger partial charge in [0.1, 0.15) is 13.2 Å². The third kappa shape index (κ3) is 29.9. The van der Waals surface area contributed by atoms with Gasteiger partial charge in [-0.2, -0.15) is 8.42 Å². The molecule has 0 saturated heterocycles. The predicted octanol–water partition coefficient (Wildman–Crippen LogP) is 2.91. The van der Waals surface area contributed by atoms with E-state index in [2.05, 4.69) is 24.5 Å². The number of carbonyl (C=O) groups is 4. The molecule has 0 aliphatic rings. The molecule has 0 aromatic carbocycles. The van der Waals surface area contributed by atoms with Crippen molar-refractivity contribution >= 4 is 33.9 Å². The quantitative estimate of drug-likeness (QED) is 0.0450. The second-order valence-corrected chi connectivity index (χ2v) is 13.1. The van der Waals surface area contributed by atoms with Gasteiger partial charge in [-0.05, 0) is 12.8 Å². The van der Waals surface area contributed by atoms with Gasteiger partial charge in [0, 0.05) is 12.8 Å². The molecule has 0 aliphatic heterocycles. The van der Waals surface area contributed by atoms with Crippen molar-refractivity contribution < 1.29 is 72.6 Å². The molecular weight excluding hydrogens is 611 g/mol. The van der Waals surface area contributed by atoms with Gasteiger partial charge in [0.2, 0.25) is 11.8 Å². The summed E-state index contributed by atoms with van der Waals surface area (Å²) in [7, 11) is -4.94. The zero-order valence-electron chi connectivity index (χ0n) is 29.4. The Hall–Kier alpha value is -1.21. The van der Waals surface area contributed by atoms with Crippen molar-refractivity contribution in [3.8, 4) is 0 Å². The first-order valence-electron chi connectivity index (χ1n) is 16.9. The second kappa shape index (κ2) is 31.4. The third-order valence-electron chi connectivity index (χ3n) is 7.35. The summed E-state index contributed by atoms with van der Waals surface area (Å²) < 4.78 is 42.5. The summed E-state index contributed by atoms with van der Waals surface area (Å²) in [6.45, 7) is 3.88. The van der Waals surface area contributed by atoms with Crippen LogP contribution in [0.2, 0.25) is 0 Å². The Morgan fingerprint density at radius 2 is 0.978 bits per heavy atom. The van der Waals surface area contributed by atoms with Crippen molar-refractivity contribution in [1.82, 2.24) is 10.6 Å². The first kappa shape index (κ1) is 45.9. The smallest absolute Gasteiger partial charge is 1.00 e. The number of unbranched alkanes of at least 4 members (excludes halogenated alkanes) is 16. The Morgan fingerprint density at radius 1 is 0.622 bits per heavy atom. The van der Waals surface area contributed by atoms with E-state index in [0.717, 1.165) is 38.5 Å². The van der Waals surface area contributed by atoms with Crippen LogP contribution in [0, 0.1) is 0 Å². The first-order chi connectivity index (χ1) is 21.1. The Balaban J connectivity index is -0.00000924. The second-order valence-electron chi connectivity index (χ2n) is 11.5. The minimum Gasteiger partial charge on any atom is -1.00 e. The van der Waals surface area contributed by atoms with Crippen molar-refractivity contribution in [2.75, 3.05) is 26.3 Å². The molecule has 0 aromatic rings. The first-order valence-corrected chi connectivity index (χ1v) is 18.4. The number of carbonyl (C=O) groups excluding carboxylic acids is 4. The van der Waals surface area contributed by atoms with Crippen molar-refractivity contribution in [2.24, 2.45) is 0 Å². The topological polar surface area (TPSA) is 165 Å². The third-order valence-corrected chi connectivity index (χ3v) is 8.42. The minimum atomic E-state index is -4.94. The fourth-order valence-corrected chi connectivity index (χ4v) is 5.34. The van der Waals surface area contributed by atoms with Crippen LogP contribution in [-0.4, -0.2) is 68.3 Å². The standard InChI is InChI=1S/C32H60N2O9S.Na.H/c1-3-5-7-9-11-13-15-17-19-21-29(35)33-23-25-42-31(37)27-28(44(39,40)41)32(38)43-26-24-34-30(36)22-20-18-16-14-12-10-8-6-4-2;;/h28H,3-27H2,1-2H3,(H,33,35)(H,34,36)(H,39,40,41);;/q;+1;-1. The van der Waals surface area contributed by atoms with Crippen molar-refractivity contribution in [3.05, 3.63) is 0 Å². The molecule has 0 bridgehead atoms. The number of hydrogen-bond acceptors (Lipinski definition) is 8. The van der Waals surface area contributed by atoms with E-state index < -0.39 is 33.7 Å². The van der Waals surface area contributed by atoms with Crippen LogP contribution in [0.4, 0.5) is 0 Å². The van der Waals surface area contributed by atoms with Gasteiger partial charge in [0.05, 0.1) is 19.5 Å². The van der Waals surface area contributed by atoms with Crippen molar-refractivity contribution in [1.29, 1.82) is 0 Å².